The molecule has 1 aliphatic rings. The molecule has 7 heteroatoms. The third-order valence-electron chi connectivity index (χ3n) is 4.11. The van der Waals surface area contributed by atoms with Crippen molar-refractivity contribution < 1.29 is 19.1 Å². The van der Waals surface area contributed by atoms with E-state index in [0.717, 1.165) is 0 Å². The van der Waals surface area contributed by atoms with Gasteiger partial charge in [-0.15, -0.1) is 23.2 Å². The Hall–Kier alpha value is -1.33. The number of ether oxygens (including phenoxy) is 1. The third-order valence-corrected chi connectivity index (χ3v) is 5.21. The molecule has 1 fully saturated rings. The number of H-pyrrole nitrogens is 1. The molecule has 1 saturated carbocycles. The molecule has 0 amide bonds. The highest BCUT2D eigenvalue weighted by Crippen LogP contribution is 2.64. The molecule has 0 aromatic carbocycles. The van der Waals surface area contributed by atoms with E-state index in [4.69, 9.17) is 27.9 Å². The fourth-order valence-electron chi connectivity index (χ4n) is 2.54. The number of nitrogens with one attached hydrogen (secondary N) is 1. The van der Waals surface area contributed by atoms with Crippen molar-refractivity contribution in [3.8, 4) is 0 Å². The van der Waals surface area contributed by atoms with Gasteiger partial charge in [-0.05, 0) is 33.3 Å². The van der Waals surface area contributed by atoms with Crippen molar-refractivity contribution in [2.75, 3.05) is 6.61 Å². The van der Waals surface area contributed by atoms with Crippen molar-refractivity contribution in [3.05, 3.63) is 22.5 Å². The molecule has 0 bridgehead atoms. The zero-order chi connectivity index (χ0) is 16.9. The number of aromatic nitrogens is 1. The summed E-state index contributed by atoms with van der Waals surface area (Å²) in [6.07, 6.45) is 0.297. The number of hydrogen-bond donors (Lipinski definition) is 1. The van der Waals surface area contributed by atoms with E-state index in [1.165, 1.54) is 6.92 Å². The van der Waals surface area contributed by atoms with E-state index in [9.17, 15) is 14.4 Å². The van der Waals surface area contributed by atoms with Crippen LogP contribution in [-0.4, -0.2) is 33.5 Å². The number of aryl methyl sites for hydroxylation is 1. The first-order chi connectivity index (χ1) is 10.0. The molecule has 1 N–H and O–H groups in total. The van der Waals surface area contributed by atoms with Gasteiger partial charge in [0.2, 0.25) is 5.78 Å². The van der Waals surface area contributed by atoms with Crippen molar-refractivity contribution in [2.45, 2.75) is 38.4 Å². The first kappa shape index (κ1) is 17.0. The van der Waals surface area contributed by atoms with Crippen LogP contribution in [0.2, 0.25) is 0 Å². The highest BCUT2D eigenvalue weighted by Gasteiger charge is 2.69. The Bertz CT molecular complexity index is 677. The predicted octanol–water partition coefficient (Wildman–Crippen LogP) is 3.14. The second-order valence-electron chi connectivity index (χ2n) is 5.89. The van der Waals surface area contributed by atoms with Crippen LogP contribution in [-0.2, 0) is 9.53 Å². The van der Waals surface area contributed by atoms with Gasteiger partial charge in [-0.3, -0.25) is 14.4 Å². The van der Waals surface area contributed by atoms with Crippen LogP contribution in [0.1, 0.15) is 52.4 Å². The van der Waals surface area contributed by atoms with Crippen LogP contribution in [0, 0.1) is 19.3 Å². The monoisotopic (exact) mass is 345 g/mol. The molecule has 1 heterocycles. The Kier molecular flexibility index (Phi) is 4.17. The van der Waals surface area contributed by atoms with Gasteiger partial charge in [0.25, 0.3) is 0 Å². The average Bonchev–Trinajstić information content (AvgIpc) is 2.75. The normalized spacial score (nSPS) is 22.3. The number of carbonyl (C=O) groups is 3. The lowest BCUT2D eigenvalue weighted by Gasteiger charge is -2.11. The molecule has 0 aliphatic heterocycles. The summed E-state index contributed by atoms with van der Waals surface area (Å²) in [5.74, 6) is -1.12. The van der Waals surface area contributed by atoms with Crippen LogP contribution in [0.4, 0.5) is 0 Å². The van der Waals surface area contributed by atoms with Gasteiger partial charge >= 0.3 is 5.97 Å². The molecule has 1 aliphatic carbocycles. The van der Waals surface area contributed by atoms with E-state index in [-0.39, 0.29) is 11.5 Å². The third kappa shape index (κ3) is 2.68. The Morgan fingerprint density at radius 2 is 1.82 bits per heavy atom. The minimum absolute atomic E-state index is 0.123. The molecule has 1 aromatic rings. The van der Waals surface area contributed by atoms with Gasteiger partial charge in [0, 0.05) is 17.7 Å². The van der Waals surface area contributed by atoms with E-state index in [1.54, 1.807) is 20.8 Å². The standard InChI is InChI=1S/C15H17Cl2NO4/c1-7-11(9(3)19)8(2)18-12(7)10(20)5-22-13(21)14(4)6-15(14,16)17/h18H,5-6H2,1-4H3/t14-/m1/s1. The topological polar surface area (TPSA) is 76.2 Å². The fraction of sp³-hybridized carbons (Fsp3) is 0.533. The van der Waals surface area contributed by atoms with Crippen LogP contribution < -0.4 is 0 Å². The van der Waals surface area contributed by atoms with Crippen molar-refractivity contribution in [1.29, 1.82) is 0 Å². The minimum atomic E-state index is -1.13. The Labute approximate surface area is 138 Å². The number of halogens is 2. The molecule has 22 heavy (non-hydrogen) atoms. The zero-order valence-electron chi connectivity index (χ0n) is 12.8. The van der Waals surface area contributed by atoms with E-state index in [0.29, 0.717) is 23.2 Å². The Morgan fingerprint density at radius 3 is 2.23 bits per heavy atom. The van der Waals surface area contributed by atoms with Crippen molar-refractivity contribution in [2.24, 2.45) is 5.41 Å². The second kappa shape index (κ2) is 5.39. The fourth-order valence-corrected chi connectivity index (χ4v) is 3.23. The Morgan fingerprint density at radius 1 is 1.27 bits per heavy atom. The first-order valence-electron chi connectivity index (χ1n) is 6.79. The van der Waals surface area contributed by atoms with Crippen LogP contribution in [0.25, 0.3) is 0 Å². The van der Waals surface area contributed by atoms with E-state index in [2.05, 4.69) is 4.98 Å². The van der Waals surface area contributed by atoms with Gasteiger partial charge in [-0.25, -0.2) is 0 Å². The zero-order valence-corrected chi connectivity index (χ0v) is 14.3. The maximum Gasteiger partial charge on any atom is 0.315 e. The summed E-state index contributed by atoms with van der Waals surface area (Å²) in [5.41, 5.74) is 0.979. The highest BCUT2D eigenvalue weighted by molar-refractivity contribution is 6.53. The van der Waals surface area contributed by atoms with Gasteiger partial charge in [-0.2, -0.15) is 0 Å². The molecule has 1 atom stereocenters. The van der Waals surface area contributed by atoms with Crippen LogP contribution in [0.15, 0.2) is 0 Å². The lowest BCUT2D eigenvalue weighted by atomic mass is 10.1. The minimum Gasteiger partial charge on any atom is -0.457 e. The van der Waals surface area contributed by atoms with Gasteiger partial charge < -0.3 is 9.72 Å². The summed E-state index contributed by atoms with van der Waals surface area (Å²) < 4.78 is 3.89. The number of hydrogen-bond acceptors (Lipinski definition) is 4. The smallest absolute Gasteiger partial charge is 0.315 e. The molecule has 0 spiro atoms. The summed E-state index contributed by atoms with van der Waals surface area (Å²) in [6, 6.07) is 0. The molecular formula is C15H17Cl2NO4. The lowest BCUT2D eigenvalue weighted by Crippen LogP contribution is -2.24. The molecule has 120 valence electrons. The molecule has 0 saturated heterocycles. The largest absolute Gasteiger partial charge is 0.457 e. The summed E-state index contributed by atoms with van der Waals surface area (Å²) in [4.78, 5) is 38.5. The number of esters is 1. The number of aromatic amines is 1. The lowest BCUT2D eigenvalue weighted by molar-refractivity contribution is -0.148. The van der Waals surface area contributed by atoms with E-state index in [1.807, 2.05) is 0 Å². The van der Waals surface area contributed by atoms with Crippen LogP contribution in [0.3, 0.4) is 0 Å². The molecule has 0 unspecified atom stereocenters. The van der Waals surface area contributed by atoms with Gasteiger partial charge in [0.1, 0.15) is 9.75 Å². The number of ketones is 2. The van der Waals surface area contributed by atoms with Gasteiger partial charge in [-0.1, -0.05) is 0 Å². The summed E-state index contributed by atoms with van der Waals surface area (Å²) >= 11 is 11.8. The van der Waals surface area contributed by atoms with Crippen molar-refractivity contribution in [1.82, 2.24) is 4.98 Å². The molecule has 5 nitrogen and oxygen atoms in total. The van der Waals surface area contributed by atoms with Gasteiger partial charge in [0.15, 0.2) is 12.4 Å². The van der Waals surface area contributed by atoms with Gasteiger partial charge in [0.05, 0.1) is 5.69 Å². The summed E-state index contributed by atoms with van der Waals surface area (Å²) in [5, 5.41) is 0. The molecule has 2 rings (SSSR count). The van der Waals surface area contributed by atoms with Crippen LogP contribution in [0.5, 0.6) is 0 Å². The predicted molar refractivity (Wildman–Crippen MR) is 82.7 cm³/mol. The average molecular weight is 346 g/mol. The summed E-state index contributed by atoms with van der Waals surface area (Å²) in [6.45, 7) is 6.01. The number of carbonyl (C=O) groups excluding carboxylic acids is 3. The maximum atomic E-state index is 12.2. The number of alkyl halides is 2. The SMILES string of the molecule is CC(=O)c1c(C)[nH]c(C(=O)COC(=O)[C@@]2(C)CC2(Cl)Cl)c1C. The molecule has 0 radical (unpaired) electrons. The maximum absolute atomic E-state index is 12.2. The highest BCUT2D eigenvalue weighted by atomic mass is 35.5. The van der Waals surface area contributed by atoms with Crippen molar-refractivity contribution in [3.63, 3.8) is 0 Å². The van der Waals surface area contributed by atoms with E-state index >= 15 is 0 Å². The molecule has 1 aromatic heterocycles. The van der Waals surface area contributed by atoms with E-state index < -0.39 is 28.1 Å². The number of rotatable bonds is 5. The summed E-state index contributed by atoms with van der Waals surface area (Å²) in [7, 11) is 0. The quantitative estimate of drug-likeness (QED) is 0.505. The number of Topliss-reactive ketones (excluding diaryl/α,β-unsaturated/α-hetero) is 2. The molecular weight excluding hydrogens is 329 g/mol. The second-order valence-corrected chi connectivity index (χ2v) is 7.38. The van der Waals surface area contributed by atoms with Crippen LogP contribution >= 0.6 is 23.2 Å². The van der Waals surface area contributed by atoms with Crippen molar-refractivity contribution >= 4 is 40.7 Å². The Balaban J connectivity index is 2.07. The first-order valence-corrected chi connectivity index (χ1v) is 7.55.